The Kier molecular flexibility index (Phi) is 3.95. The van der Waals surface area contributed by atoms with Crippen LogP contribution in [-0.4, -0.2) is 6.36 Å². The normalized spacial score (nSPS) is 13.2. The van der Waals surface area contributed by atoms with Gasteiger partial charge in [0.25, 0.3) is 0 Å². The van der Waals surface area contributed by atoms with Crippen LogP contribution in [0.1, 0.15) is 18.0 Å². The number of benzene rings is 1. The van der Waals surface area contributed by atoms with Crippen molar-refractivity contribution in [1.82, 2.24) is 0 Å². The standard InChI is InChI=1S/C11H12F3NO/c1-2-3-10(15)8-4-6-9(7-5-8)16-11(12,13)14/h2,4-7,10H,1,3,15H2/t10-/m0/s1. The highest BCUT2D eigenvalue weighted by Crippen LogP contribution is 2.24. The van der Waals surface area contributed by atoms with Crippen molar-refractivity contribution in [1.29, 1.82) is 0 Å². The average Bonchev–Trinajstić information content (AvgIpc) is 2.16. The fourth-order valence-electron chi connectivity index (χ4n) is 1.23. The molecule has 0 aliphatic carbocycles. The first-order chi connectivity index (χ1) is 7.42. The molecule has 0 aromatic heterocycles. The quantitative estimate of drug-likeness (QED) is 0.808. The fourth-order valence-corrected chi connectivity index (χ4v) is 1.23. The van der Waals surface area contributed by atoms with Gasteiger partial charge < -0.3 is 10.5 Å². The molecule has 0 unspecified atom stereocenters. The van der Waals surface area contributed by atoms with Crippen molar-refractivity contribution in [3.8, 4) is 5.75 Å². The summed E-state index contributed by atoms with van der Waals surface area (Å²) < 4.78 is 39.3. The van der Waals surface area contributed by atoms with E-state index in [1.807, 2.05) is 0 Å². The summed E-state index contributed by atoms with van der Waals surface area (Å²) in [6, 6.07) is 5.25. The van der Waals surface area contributed by atoms with Crippen molar-refractivity contribution >= 4 is 0 Å². The molecule has 0 bridgehead atoms. The third kappa shape index (κ3) is 3.94. The van der Waals surface area contributed by atoms with Gasteiger partial charge in [0, 0.05) is 6.04 Å². The zero-order chi connectivity index (χ0) is 12.2. The van der Waals surface area contributed by atoms with E-state index in [1.54, 1.807) is 6.08 Å². The Balaban J connectivity index is 2.71. The lowest BCUT2D eigenvalue weighted by atomic mass is 10.1. The fraction of sp³-hybridized carbons (Fsp3) is 0.273. The van der Waals surface area contributed by atoms with Crippen LogP contribution in [0.5, 0.6) is 5.75 Å². The van der Waals surface area contributed by atoms with E-state index in [9.17, 15) is 13.2 Å². The molecule has 0 spiro atoms. The summed E-state index contributed by atoms with van der Waals surface area (Å²) in [6.45, 7) is 3.54. The molecular weight excluding hydrogens is 219 g/mol. The summed E-state index contributed by atoms with van der Waals surface area (Å²) in [7, 11) is 0. The second-order valence-electron chi connectivity index (χ2n) is 3.25. The molecule has 0 saturated heterocycles. The highest BCUT2D eigenvalue weighted by atomic mass is 19.4. The Morgan fingerprint density at radius 3 is 2.31 bits per heavy atom. The molecule has 0 amide bonds. The summed E-state index contributed by atoms with van der Waals surface area (Å²) in [5.74, 6) is -0.248. The summed E-state index contributed by atoms with van der Waals surface area (Å²) in [4.78, 5) is 0. The first-order valence-electron chi connectivity index (χ1n) is 4.64. The molecule has 0 aliphatic rings. The van der Waals surface area contributed by atoms with Crippen LogP contribution in [0.3, 0.4) is 0 Å². The van der Waals surface area contributed by atoms with Crippen molar-refractivity contribution in [3.05, 3.63) is 42.5 Å². The minimum atomic E-state index is -4.66. The van der Waals surface area contributed by atoms with Gasteiger partial charge in [-0.05, 0) is 24.1 Å². The van der Waals surface area contributed by atoms with Gasteiger partial charge >= 0.3 is 6.36 Å². The maximum absolute atomic E-state index is 11.9. The molecule has 1 aromatic carbocycles. The SMILES string of the molecule is C=CC[C@H](N)c1ccc(OC(F)(F)F)cc1. The Hall–Kier alpha value is -1.49. The Morgan fingerprint density at radius 2 is 1.88 bits per heavy atom. The minimum absolute atomic E-state index is 0.248. The van der Waals surface area contributed by atoms with Gasteiger partial charge in [-0.3, -0.25) is 0 Å². The Bertz CT molecular complexity index is 345. The molecule has 2 N–H and O–H groups in total. The molecule has 1 aromatic rings. The van der Waals surface area contributed by atoms with E-state index in [2.05, 4.69) is 11.3 Å². The molecule has 2 nitrogen and oxygen atoms in total. The van der Waals surface area contributed by atoms with Crippen molar-refractivity contribution in [2.75, 3.05) is 0 Å². The lowest BCUT2D eigenvalue weighted by molar-refractivity contribution is -0.274. The van der Waals surface area contributed by atoms with Crippen LogP contribution >= 0.6 is 0 Å². The van der Waals surface area contributed by atoms with E-state index in [1.165, 1.54) is 24.3 Å². The van der Waals surface area contributed by atoms with Gasteiger partial charge in [-0.1, -0.05) is 18.2 Å². The van der Waals surface area contributed by atoms with Crippen LogP contribution in [0, 0.1) is 0 Å². The van der Waals surface area contributed by atoms with Gasteiger partial charge in [-0.25, -0.2) is 0 Å². The Morgan fingerprint density at radius 1 is 1.31 bits per heavy atom. The zero-order valence-corrected chi connectivity index (χ0v) is 8.50. The molecule has 0 fully saturated rings. The maximum Gasteiger partial charge on any atom is 0.573 e. The van der Waals surface area contributed by atoms with Gasteiger partial charge in [-0.15, -0.1) is 19.8 Å². The highest BCUT2D eigenvalue weighted by molar-refractivity contribution is 5.29. The van der Waals surface area contributed by atoms with Crippen molar-refractivity contribution in [3.63, 3.8) is 0 Å². The smallest absolute Gasteiger partial charge is 0.406 e. The number of nitrogens with two attached hydrogens (primary N) is 1. The van der Waals surface area contributed by atoms with Crippen LogP contribution < -0.4 is 10.5 Å². The molecule has 1 rings (SSSR count). The monoisotopic (exact) mass is 231 g/mol. The van der Waals surface area contributed by atoms with Gasteiger partial charge in [0.15, 0.2) is 0 Å². The van der Waals surface area contributed by atoms with Crippen molar-refractivity contribution < 1.29 is 17.9 Å². The van der Waals surface area contributed by atoms with Gasteiger partial charge in [0.05, 0.1) is 0 Å². The molecule has 88 valence electrons. The van der Waals surface area contributed by atoms with Gasteiger partial charge in [-0.2, -0.15) is 0 Å². The number of halogens is 3. The summed E-state index contributed by atoms with van der Waals surface area (Å²) in [5, 5.41) is 0. The summed E-state index contributed by atoms with van der Waals surface area (Å²) in [6.07, 6.45) is -2.44. The average molecular weight is 231 g/mol. The van der Waals surface area contributed by atoms with Crippen LogP contribution in [0.2, 0.25) is 0 Å². The van der Waals surface area contributed by atoms with E-state index < -0.39 is 6.36 Å². The van der Waals surface area contributed by atoms with E-state index in [0.717, 1.165) is 5.56 Å². The van der Waals surface area contributed by atoms with Crippen LogP contribution in [0.15, 0.2) is 36.9 Å². The van der Waals surface area contributed by atoms with Crippen LogP contribution in [0.25, 0.3) is 0 Å². The van der Waals surface area contributed by atoms with Gasteiger partial charge in [0.1, 0.15) is 5.75 Å². The molecule has 0 heterocycles. The lowest BCUT2D eigenvalue weighted by Gasteiger charge is -2.12. The minimum Gasteiger partial charge on any atom is -0.406 e. The summed E-state index contributed by atoms with van der Waals surface area (Å²) in [5.41, 5.74) is 6.49. The van der Waals surface area contributed by atoms with Crippen LogP contribution in [-0.2, 0) is 0 Å². The number of alkyl halides is 3. The van der Waals surface area contributed by atoms with Crippen molar-refractivity contribution in [2.45, 2.75) is 18.8 Å². The molecule has 16 heavy (non-hydrogen) atoms. The number of rotatable bonds is 4. The summed E-state index contributed by atoms with van der Waals surface area (Å²) >= 11 is 0. The lowest BCUT2D eigenvalue weighted by Crippen LogP contribution is -2.17. The topological polar surface area (TPSA) is 35.2 Å². The molecular formula is C11H12F3NO. The maximum atomic E-state index is 11.9. The highest BCUT2D eigenvalue weighted by Gasteiger charge is 2.30. The molecule has 0 saturated carbocycles. The second-order valence-corrected chi connectivity index (χ2v) is 3.25. The first kappa shape index (κ1) is 12.6. The third-order valence-corrected chi connectivity index (χ3v) is 1.96. The third-order valence-electron chi connectivity index (χ3n) is 1.96. The van der Waals surface area contributed by atoms with E-state index in [0.29, 0.717) is 6.42 Å². The van der Waals surface area contributed by atoms with E-state index in [4.69, 9.17) is 5.73 Å². The molecule has 5 heteroatoms. The van der Waals surface area contributed by atoms with Gasteiger partial charge in [0.2, 0.25) is 0 Å². The van der Waals surface area contributed by atoms with E-state index in [-0.39, 0.29) is 11.8 Å². The van der Waals surface area contributed by atoms with E-state index >= 15 is 0 Å². The predicted molar refractivity (Wildman–Crippen MR) is 54.9 cm³/mol. The number of hydrogen-bond donors (Lipinski definition) is 1. The zero-order valence-electron chi connectivity index (χ0n) is 8.50. The van der Waals surface area contributed by atoms with Crippen LogP contribution in [0.4, 0.5) is 13.2 Å². The molecule has 1 atom stereocenters. The number of ether oxygens (including phenoxy) is 1. The molecule has 0 aliphatic heterocycles. The Labute approximate surface area is 91.5 Å². The predicted octanol–water partition coefficient (Wildman–Crippen LogP) is 3.16. The van der Waals surface area contributed by atoms with Crippen molar-refractivity contribution in [2.24, 2.45) is 5.73 Å². The molecule has 0 radical (unpaired) electrons. The first-order valence-corrected chi connectivity index (χ1v) is 4.64. The largest absolute Gasteiger partial charge is 0.573 e. The number of hydrogen-bond acceptors (Lipinski definition) is 2. The second kappa shape index (κ2) is 5.03.